The van der Waals surface area contributed by atoms with E-state index in [0.29, 0.717) is 23.2 Å². The van der Waals surface area contributed by atoms with Crippen molar-refractivity contribution in [2.24, 2.45) is 11.8 Å². The van der Waals surface area contributed by atoms with E-state index < -0.39 is 5.82 Å². The van der Waals surface area contributed by atoms with Crippen LogP contribution in [-0.4, -0.2) is 36.3 Å². The molecule has 2 fully saturated rings. The van der Waals surface area contributed by atoms with Gasteiger partial charge in [-0.25, -0.2) is 9.37 Å². The zero-order valence-electron chi connectivity index (χ0n) is 13.8. The minimum absolute atomic E-state index is 0.289. The van der Waals surface area contributed by atoms with Gasteiger partial charge in [0.05, 0.1) is 18.2 Å². The topological polar surface area (TPSA) is 63.4 Å². The highest BCUT2D eigenvalue weighted by Crippen LogP contribution is 2.36. The summed E-state index contributed by atoms with van der Waals surface area (Å²) in [7, 11) is 0. The van der Waals surface area contributed by atoms with E-state index in [9.17, 15) is 9.50 Å². The number of fused-ring (bicyclic) bond motifs is 1. The van der Waals surface area contributed by atoms with E-state index in [-0.39, 0.29) is 12.2 Å². The second-order valence-electron chi connectivity index (χ2n) is 6.76. The molecule has 0 saturated carbocycles. The Kier molecular flexibility index (Phi) is 4.02. The summed E-state index contributed by atoms with van der Waals surface area (Å²) in [6, 6.07) is 11.4. The van der Waals surface area contributed by atoms with E-state index in [1.165, 1.54) is 6.07 Å². The number of aliphatic hydroxyl groups is 1. The maximum absolute atomic E-state index is 14.4. The van der Waals surface area contributed by atoms with E-state index >= 15 is 0 Å². The molecule has 1 aromatic carbocycles. The summed E-state index contributed by atoms with van der Waals surface area (Å²) in [6.07, 6.45) is 1.55. The Bertz CT molecular complexity index is 820. The van der Waals surface area contributed by atoms with E-state index in [1.54, 1.807) is 6.20 Å². The molecule has 3 heterocycles. The first-order valence-corrected chi connectivity index (χ1v) is 8.44. The third kappa shape index (κ3) is 2.81. The van der Waals surface area contributed by atoms with Gasteiger partial charge >= 0.3 is 0 Å². The average molecular weight is 338 g/mol. The molecule has 128 valence electrons. The van der Waals surface area contributed by atoms with Crippen molar-refractivity contribution in [3.8, 4) is 6.07 Å². The lowest BCUT2D eigenvalue weighted by Gasteiger charge is -2.24. The minimum atomic E-state index is -0.413. The SMILES string of the molecule is N#Cc1cccc(N2CC3CN(c4nccc(CO)c4F)CC3C2)c1. The van der Waals surface area contributed by atoms with Crippen LogP contribution < -0.4 is 9.80 Å². The fourth-order valence-corrected chi connectivity index (χ4v) is 3.96. The molecule has 2 aliphatic heterocycles. The van der Waals surface area contributed by atoms with Crippen molar-refractivity contribution >= 4 is 11.5 Å². The number of halogens is 1. The number of anilines is 2. The van der Waals surface area contributed by atoms with Crippen LogP contribution in [0.25, 0.3) is 0 Å². The van der Waals surface area contributed by atoms with Crippen molar-refractivity contribution in [1.29, 1.82) is 5.26 Å². The van der Waals surface area contributed by atoms with Crippen molar-refractivity contribution in [2.75, 3.05) is 36.0 Å². The third-order valence-corrected chi connectivity index (χ3v) is 5.25. The maximum Gasteiger partial charge on any atom is 0.171 e. The van der Waals surface area contributed by atoms with Gasteiger partial charge in [-0.3, -0.25) is 0 Å². The van der Waals surface area contributed by atoms with Gasteiger partial charge in [0.15, 0.2) is 11.6 Å². The monoisotopic (exact) mass is 338 g/mol. The number of rotatable bonds is 3. The number of nitriles is 1. The van der Waals surface area contributed by atoms with E-state index in [4.69, 9.17) is 5.26 Å². The molecule has 6 heteroatoms. The van der Waals surface area contributed by atoms with E-state index in [2.05, 4.69) is 16.0 Å². The first kappa shape index (κ1) is 15.9. The van der Waals surface area contributed by atoms with Gasteiger partial charge in [-0.15, -0.1) is 0 Å². The summed E-state index contributed by atoms with van der Waals surface area (Å²) in [5, 5.41) is 18.3. The molecular weight excluding hydrogens is 319 g/mol. The molecule has 25 heavy (non-hydrogen) atoms. The molecule has 2 atom stereocenters. The van der Waals surface area contributed by atoms with E-state index in [0.717, 1.165) is 31.9 Å². The number of hydrogen-bond acceptors (Lipinski definition) is 5. The summed E-state index contributed by atoms with van der Waals surface area (Å²) in [5.74, 6) is 0.831. The molecule has 0 aliphatic carbocycles. The summed E-state index contributed by atoms with van der Waals surface area (Å²) >= 11 is 0. The molecule has 0 spiro atoms. The second kappa shape index (κ2) is 6.34. The minimum Gasteiger partial charge on any atom is -0.392 e. The van der Waals surface area contributed by atoms with Gasteiger partial charge in [-0.05, 0) is 24.3 Å². The van der Waals surface area contributed by atoms with Crippen molar-refractivity contribution in [3.05, 3.63) is 53.5 Å². The summed E-state index contributed by atoms with van der Waals surface area (Å²) in [5.41, 5.74) is 2.03. The predicted molar refractivity (Wildman–Crippen MR) is 92.7 cm³/mol. The molecule has 0 amide bonds. The molecule has 4 rings (SSSR count). The lowest BCUT2D eigenvalue weighted by atomic mass is 10.0. The standard InChI is InChI=1S/C19H19FN4O/c20-18-14(12-25)4-5-22-19(18)24-10-15-8-23(9-16(15)11-24)17-3-1-2-13(6-17)7-21/h1-6,15-16,25H,8-12H2. The number of aliphatic hydroxyl groups excluding tert-OH is 1. The zero-order chi connectivity index (χ0) is 17.4. The summed E-state index contributed by atoms with van der Waals surface area (Å²) in [6.45, 7) is 3.01. The van der Waals surface area contributed by atoms with Gasteiger partial charge in [-0.1, -0.05) is 6.07 Å². The number of hydrogen-bond donors (Lipinski definition) is 1. The van der Waals surface area contributed by atoms with Crippen LogP contribution in [0.4, 0.5) is 15.9 Å². The molecule has 1 aromatic heterocycles. The Morgan fingerprint density at radius 3 is 2.56 bits per heavy atom. The van der Waals surface area contributed by atoms with Gasteiger partial charge in [0.1, 0.15) is 0 Å². The van der Waals surface area contributed by atoms with Crippen molar-refractivity contribution in [3.63, 3.8) is 0 Å². The smallest absolute Gasteiger partial charge is 0.171 e. The molecule has 2 aliphatic rings. The van der Waals surface area contributed by atoms with Gasteiger partial charge in [0.2, 0.25) is 0 Å². The van der Waals surface area contributed by atoms with Crippen LogP contribution in [-0.2, 0) is 6.61 Å². The average Bonchev–Trinajstić information content (AvgIpc) is 3.21. The number of pyridine rings is 1. The molecule has 0 bridgehead atoms. The molecular formula is C19H19FN4O. The van der Waals surface area contributed by atoms with Gasteiger partial charge in [0.25, 0.3) is 0 Å². The number of benzene rings is 1. The summed E-state index contributed by atoms with van der Waals surface area (Å²) in [4.78, 5) is 8.49. The quantitative estimate of drug-likeness (QED) is 0.929. The van der Waals surface area contributed by atoms with Crippen molar-refractivity contribution < 1.29 is 9.50 Å². The largest absolute Gasteiger partial charge is 0.392 e. The third-order valence-electron chi connectivity index (χ3n) is 5.25. The Morgan fingerprint density at radius 2 is 1.88 bits per heavy atom. The van der Waals surface area contributed by atoms with Crippen LogP contribution in [0.15, 0.2) is 36.5 Å². The van der Waals surface area contributed by atoms with Gasteiger partial charge < -0.3 is 14.9 Å². The van der Waals surface area contributed by atoms with Crippen LogP contribution in [0, 0.1) is 29.0 Å². The fraction of sp³-hybridized carbons (Fsp3) is 0.368. The van der Waals surface area contributed by atoms with Gasteiger partial charge in [-0.2, -0.15) is 5.26 Å². The Morgan fingerprint density at radius 1 is 1.16 bits per heavy atom. The highest BCUT2D eigenvalue weighted by Gasteiger charge is 2.41. The normalized spacial score (nSPS) is 22.1. The molecule has 0 radical (unpaired) electrons. The maximum atomic E-state index is 14.4. The highest BCUT2D eigenvalue weighted by molar-refractivity contribution is 5.53. The molecule has 2 saturated heterocycles. The van der Waals surface area contributed by atoms with Crippen LogP contribution in [0.1, 0.15) is 11.1 Å². The van der Waals surface area contributed by atoms with Crippen molar-refractivity contribution in [2.45, 2.75) is 6.61 Å². The van der Waals surface area contributed by atoms with Gasteiger partial charge in [0, 0.05) is 55.5 Å². The molecule has 2 aromatic rings. The fourth-order valence-electron chi connectivity index (χ4n) is 3.96. The lowest BCUT2D eigenvalue weighted by molar-refractivity contribution is 0.275. The van der Waals surface area contributed by atoms with Crippen LogP contribution >= 0.6 is 0 Å². The highest BCUT2D eigenvalue weighted by atomic mass is 19.1. The van der Waals surface area contributed by atoms with Crippen LogP contribution in [0.2, 0.25) is 0 Å². The Hall–Kier alpha value is -2.65. The lowest BCUT2D eigenvalue weighted by Crippen LogP contribution is -2.30. The number of nitrogens with zero attached hydrogens (tertiary/aromatic N) is 4. The van der Waals surface area contributed by atoms with Crippen molar-refractivity contribution in [1.82, 2.24) is 4.98 Å². The Labute approximate surface area is 145 Å². The molecule has 5 nitrogen and oxygen atoms in total. The zero-order valence-corrected chi connectivity index (χ0v) is 13.8. The van der Waals surface area contributed by atoms with Crippen LogP contribution in [0.5, 0.6) is 0 Å². The first-order valence-electron chi connectivity index (χ1n) is 8.44. The molecule has 1 N–H and O–H groups in total. The molecule has 2 unspecified atom stereocenters. The summed E-state index contributed by atoms with van der Waals surface area (Å²) < 4.78 is 14.4. The van der Waals surface area contributed by atoms with Crippen LogP contribution in [0.3, 0.4) is 0 Å². The predicted octanol–water partition coefficient (Wildman–Crippen LogP) is 2.16. The first-order chi connectivity index (χ1) is 12.2. The second-order valence-corrected chi connectivity index (χ2v) is 6.76. The Balaban J connectivity index is 1.48. The van der Waals surface area contributed by atoms with E-state index in [1.807, 2.05) is 29.2 Å². The number of aromatic nitrogens is 1.